The number of nitrogens with zero attached hydrogens (tertiary/aromatic N) is 3. The second-order valence-corrected chi connectivity index (χ2v) is 6.76. The first-order valence-electron chi connectivity index (χ1n) is 9.51. The van der Waals surface area contributed by atoms with Gasteiger partial charge in [0.2, 0.25) is 5.91 Å². The highest BCUT2D eigenvalue weighted by Gasteiger charge is 2.10. The third-order valence-corrected chi connectivity index (χ3v) is 4.68. The Hall–Kier alpha value is -4.07. The summed E-state index contributed by atoms with van der Waals surface area (Å²) in [5.74, 6) is -0.852. The second-order valence-electron chi connectivity index (χ2n) is 6.76. The molecule has 0 saturated carbocycles. The molecular weight excluding hydrogens is 382 g/mol. The lowest BCUT2D eigenvalue weighted by atomic mass is 10.2. The fraction of sp³-hybridized carbons (Fsp3) is 0.136. The number of hydrogen-bond acceptors (Lipinski definition) is 5. The highest BCUT2D eigenvalue weighted by Crippen LogP contribution is 2.11. The average molecular weight is 401 g/mol. The zero-order valence-electron chi connectivity index (χ0n) is 16.0. The largest absolute Gasteiger partial charge is 0.299 e. The molecule has 0 aliphatic rings. The molecule has 2 aromatic carbocycles. The van der Waals surface area contributed by atoms with Gasteiger partial charge in [0, 0.05) is 18.4 Å². The van der Waals surface area contributed by atoms with Crippen LogP contribution in [0, 0.1) is 0 Å². The molecule has 2 aromatic heterocycles. The predicted molar refractivity (Wildman–Crippen MR) is 113 cm³/mol. The van der Waals surface area contributed by atoms with E-state index in [9.17, 15) is 14.4 Å². The van der Waals surface area contributed by atoms with Gasteiger partial charge in [0.15, 0.2) is 0 Å². The number of pyridine rings is 1. The van der Waals surface area contributed by atoms with Crippen LogP contribution in [-0.2, 0) is 11.3 Å². The fourth-order valence-corrected chi connectivity index (χ4v) is 3.12. The summed E-state index contributed by atoms with van der Waals surface area (Å²) in [7, 11) is 0. The first-order valence-corrected chi connectivity index (χ1v) is 9.51. The van der Waals surface area contributed by atoms with Gasteiger partial charge in [-0.2, -0.15) is 0 Å². The van der Waals surface area contributed by atoms with Crippen LogP contribution in [0.3, 0.4) is 0 Å². The van der Waals surface area contributed by atoms with E-state index in [-0.39, 0.29) is 23.6 Å². The molecule has 8 nitrogen and oxygen atoms in total. The van der Waals surface area contributed by atoms with Crippen molar-refractivity contribution < 1.29 is 9.59 Å². The third-order valence-electron chi connectivity index (χ3n) is 4.68. The zero-order valence-corrected chi connectivity index (χ0v) is 16.0. The molecule has 0 atom stereocenters. The number of aryl methyl sites for hydroxylation is 1. The van der Waals surface area contributed by atoms with Crippen molar-refractivity contribution in [2.24, 2.45) is 0 Å². The number of carbonyl (C=O) groups is 2. The standard InChI is InChI=1S/C22H19N5O3/c28-20(10-5-13-27-14-23-18-9-4-2-7-16(18)22(27)30)25-26-21(29)19-12-11-15-6-1-3-8-17(15)24-19/h1-4,6-9,11-12,14H,5,10,13H2,(H,25,28)(H,26,29). The normalized spacial score (nSPS) is 10.8. The summed E-state index contributed by atoms with van der Waals surface area (Å²) in [5.41, 5.74) is 6.15. The molecule has 0 aliphatic heterocycles. The third kappa shape index (κ3) is 4.17. The van der Waals surface area contributed by atoms with Crippen LogP contribution in [0.1, 0.15) is 23.3 Å². The Morgan fingerprint density at radius 2 is 1.67 bits per heavy atom. The van der Waals surface area contributed by atoms with E-state index in [0.717, 1.165) is 5.39 Å². The number of amides is 2. The summed E-state index contributed by atoms with van der Waals surface area (Å²) in [4.78, 5) is 45.2. The summed E-state index contributed by atoms with van der Waals surface area (Å²) < 4.78 is 1.48. The van der Waals surface area contributed by atoms with Crippen molar-refractivity contribution in [3.63, 3.8) is 0 Å². The van der Waals surface area contributed by atoms with Crippen molar-refractivity contribution in [2.45, 2.75) is 19.4 Å². The van der Waals surface area contributed by atoms with Crippen LogP contribution >= 0.6 is 0 Å². The Labute approximate surface area is 171 Å². The van der Waals surface area contributed by atoms with Crippen LogP contribution in [0.15, 0.2) is 71.8 Å². The smallest absolute Gasteiger partial charge is 0.288 e. The number of para-hydroxylation sites is 2. The number of hydrazine groups is 1. The Morgan fingerprint density at radius 1 is 0.900 bits per heavy atom. The number of nitrogens with one attached hydrogen (secondary N) is 2. The number of aromatic nitrogens is 3. The van der Waals surface area contributed by atoms with Crippen LogP contribution in [0.5, 0.6) is 0 Å². The lowest BCUT2D eigenvalue weighted by Gasteiger charge is -2.09. The molecule has 150 valence electrons. The Kier molecular flexibility index (Phi) is 5.47. The molecule has 4 rings (SSSR count). The second kappa shape index (κ2) is 8.52. The monoisotopic (exact) mass is 401 g/mol. The van der Waals surface area contributed by atoms with Gasteiger partial charge in [-0.1, -0.05) is 36.4 Å². The van der Waals surface area contributed by atoms with E-state index >= 15 is 0 Å². The molecule has 0 aliphatic carbocycles. The quantitative estimate of drug-likeness (QED) is 0.499. The maximum atomic E-state index is 12.4. The number of fused-ring (bicyclic) bond motifs is 2. The van der Waals surface area contributed by atoms with E-state index in [2.05, 4.69) is 20.8 Å². The number of hydrogen-bond donors (Lipinski definition) is 2. The van der Waals surface area contributed by atoms with Crippen molar-refractivity contribution in [1.82, 2.24) is 25.4 Å². The SMILES string of the molecule is O=C(CCCn1cnc2ccccc2c1=O)NNC(=O)c1ccc2ccccc2n1. The molecule has 0 fully saturated rings. The number of carbonyl (C=O) groups excluding carboxylic acids is 2. The maximum absolute atomic E-state index is 12.4. The summed E-state index contributed by atoms with van der Waals surface area (Å²) in [6.07, 6.45) is 2.05. The molecule has 4 aromatic rings. The Morgan fingerprint density at radius 3 is 2.53 bits per heavy atom. The van der Waals surface area contributed by atoms with E-state index < -0.39 is 5.91 Å². The van der Waals surface area contributed by atoms with Crippen molar-refractivity contribution >= 4 is 33.6 Å². The van der Waals surface area contributed by atoms with Gasteiger partial charge in [-0.3, -0.25) is 29.8 Å². The zero-order chi connectivity index (χ0) is 20.9. The van der Waals surface area contributed by atoms with Crippen LogP contribution < -0.4 is 16.4 Å². The predicted octanol–water partition coefficient (Wildman–Crippen LogP) is 2.19. The molecule has 0 bridgehead atoms. The van der Waals surface area contributed by atoms with Gasteiger partial charge in [-0.05, 0) is 30.7 Å². The van der Waals surface area contributed by atoms with Gasteiger partial charge in [-0.25, -0.2) is 9.97 Å². The number of rotatable bonds is 5. The van der Waals surface area contributed by atoms with Crippen LogP contribution in [0.4, 0.5) is 0 Å². The molecule has 0 spiro atoms. The van der Waals surface area contributed by atoms with E-state index in [4.69, 9.17) is 0 Å². The summed E-state index contributed by atoms with van der Waals surface area (Å²) >= 11 is 0. The number of benzene rings is 2. The minimum Gasteiger partial charge on any atom is -0.299 e. The molecule has 0 radical (unpaired) electrons. The van der Waals surface area contributed by atoms with Gasteiger partial charge in [-0.15, -0.1) is 0 Å². The van der Waals surface area contributed by atoms with Crippen LogP contribution in [0.25, 0.3) is 21.8 Å². The van der Waals surface area contributed by atoms with Crippen molar-refractivity contribution in [3.05, 3.63) is 83.0 Å². The van der Waals surface area contributed by atoms with Gasteiger partial charge in [0.05, 0.1) is 22.7 Å². The Balaban J connectivity index is 1.29. The lowest BCUT2D eigenvalue weighted by Crippen LogP contribution is -2.42. The van der Waals surface area contributed by atoms with Gasteiger partial charge in [0.1, 0.15) is 5.69 Å². The summed E-state index contributed by atoms with van der Waals surface area (Å²) in [6, 6.07) is 18.0. The van der Waals surface area contributed by atoms with Gasteiger partial charge in [0.25, 0.3) is 11.5 Å². The maximum Gasteiger partial charge on any atom is 0.288 e. The first kappa shape index (κ1) is 19.3. The molecule has 2 amide bonds. The molecule has 30 heavy (non-hydrogen) atoms. The highest BCUT2D eigenvalue weighted by atomic mass is 16.2. The van der Waals surface area contributed by atoms with Crippen molar-refractivity contribution in [2.75, 3.05) is 0 Å². The lowest BCUT2D eigenvalue weighted by molar-refractivity contribution is -0.122. The average Bonchev–Trinajstić information content (AvgIpc) is 2.79. The Bertz CT molecular complexity index is 1300. The molecule has 0 unspecified atom stereocenters. The van der Waals surface area contributed by atoms with E-state index in [1.54, 1.807) is 30.3 Å². The topological polar surface area (TPSA) is 106 Å². The highest BCUT2D eigenvalue weighted by molar-refractivity contribution is 5.95. The van der Waals surface area contributed by atoms with Crippen LogP contribution in [-0.4, -0.2) is 26.3 Å². The van der Waals surface area contributed by atoms with Gasteiger partial charge >= 0.3 is 0 Å². The molecule has 2 N–H and O–H groups in total. The fourth-order valence-electron chi connectivity index (χ4n) is 3.12. The molecular formula is C22H19N5O3. The van der Waals surface area contributed by atoms with Gasteiger partial charge < -0.3 is 0 Å². The van der Waals surface area contributed by atoms with E-state index in [0.29, 0.717) is 29.4 Å². The minimum absolute atomic E-state index is 0.142. The molecule has 2 heterocycles. The summed E-state index contributed by atoms with van der Waals surface area (Å²) in [6.45, 7) is 0.351. The summed E-state index contributed by atoms with van der Waals surface area (Å²) in [5, 5.41) is 1.47. The van der Waals surface area contributed by atoms with Crippen molar-refractivity contribution in [1.29, 1.82) is 0 Å². The first-order chi connectivity index (χ1) is 14.6. The minimum atomic E-state index is -0.496. The van der Waals surface area contributed by atoms with E-state index in [1.165, 1.54) is 10.9 Å². The van der Waals surface area contributed by atoms with Crippen molar-refractivity contribution in [3.8, 4) is 0 Å². The molecule has 0 saturated heterocycles. The van der Waals surface area contributed by atoms with Crippen LogP contribution in [0.2, 0.25) is 0 Å². The molecule has 8 heteroatoms. The van der Waals surface area contributed by atoms with E-state index in [1.807, 2.05) is 30.3 Å².